The van der Waals surface area contributed by atoms with E-state index in [-0.39, 0.29) is 11.7 Å². The van der Waals surface area contributed by atoms with Gasteiger partial charge >= 0.3 is 0 Å². The zero-order valence-corrected chi connectivity index (χ0v) is 11.4. The molecule has 0 fully saturated rings. The van der Waals surface area contributed by atoms with Crippen LogP contribution < -0.4 is 5.32 Å². The molecule has 0 aliphatic heterocycles. The first-order valence-electron chi connectivity index (χ1n) is 5.25. The highest BCUT2D eigenvalue weighted by molar-refractivity contribution is 14.1. The third kappa shape index (κ3) is 4.08. The molecule has 16 heavy (non-hydrogen) atoms. The van der Waals surface area contributed by atoms with Gasteiger partial charge in [0, 0.05) is 12.1 Å². The van der Waals surface area contributed by atoms with Crippen LogP contribution in [0.5, 0.6) is 0 Å². The number of halogens is 2. The smallest absolute Gasteiger partial charge is 0.251 e. The molecule has 1 aromatic rings. The zero-order chi connectivity index (χ0) is 12.0. The highest BCUT2D eigenvalue weighted by atomic mass is 127. The number of hydrogen-bond acceptors (Lipinski definition) is 1. The van der Waals surface area contributed by atoms with Crippen LogP contribution >= 0.6 is 22.6 Å². The van der Waals surface area contributed by atoms with Gasteiger partial charge in [-0.3, -0.25) is 4.79 Å². The van der Waals surface area contributed by atoms with Gasteiger partial charge < -0.3 is 5.32 Å². The largest absolute Gasteiger partial charge is 0.352 e. The second-order valence-electron chi connectivity index (χ2n) is 3.61. The molecule has 0 bridgehead atoms. The van der Waals surface area contributed by atoms with Crippen LogP contribution in [0.1, 0.15) is 28.8 Å². The molecule has 0 heterocycles. The van der Waals surface area contributed by atoms with Gasteiger partial charge in [0.05, 0.1) is 0 Å². The minimum absolute atomic E-state index is 0.189. The molecule has 0 saturated heterocycles. The van der Waals surface area contributed by atoms with Crippen molar-refractivity contribution in [3.8, 4) is 0 Å². The van der Waals surface area contributed by atoms with Gasteiger partial charge in [-0.1, -0.05) is 28.7 Å². The zero-order valence-electron chi connectivity index (χ0n) is 9.22. The summed E-state index contributed by atoms with van der Waals surface area (Å²) in [6.07, 6.45) is 2.05. The third-order valence-corrected chi connectivity index (χ3v) is 3.05. The standard InChI is InChI=1S/C12H15FINO/c1-9-4-5-10(13)8-11(9)12(16)15-7-3-2-6-14/h4-5,8H,2-3,6-7H2,1H3,(H,15,16). The number of alkyl halides is 1. The number of hydrogen-bond donors (Lipinski definition) is 1. The predicted molar refractivity (Wildman–Crippen MR) is 71.6 cm³/mol. The lowest BCUT2D eigenvalue weighted by molar-refractivity contribution is 0.0952. The Morgan fingerprint density at radius 3 is 2.88 bits per heavy atom. The molecule has 0 saturated carbocycles. The van der Waals surface area contributed by atoms with E-state index in [1.807, 2.05) is 0 Å². The van der Waals surface area contributed by atoms with E-state index in [0.29, 0.717) is 12.1 Å². The van der Waals surface area contributed by atoms with Crippen LogP contribution in [-0.4, -0.2) is 16.9 Å². The average Bonchev–Trinajstić information content (AvgIpc) is 2.27. The SMILES string of the molecule is Cc1ccc(F)cc1C(=O)NCCCCI. The fourth-order valence-electron chi connectivity index (χ4n) is 1.36. The van der Waals surface area contributed by atoms with Crippen LogP contribution in [0.2, 0.25) is 0 Å². The summed E-state index contributed by atoms with van der Waals surface area (Å²) in [7, 11) is 0. The second kappa shape index (κ2) is 6.83. The molecule has 0 unspecified atom stereocenters. The number of carbonyl (C=O) groups is 1. The van der Waals surface area contributed by atoms with Gasteiger partial charge in [0.25, 0.3) is 5.91 Å². The molecule has 0 aliphatic rings. The molecule has 1 aromatic carbocycles. The molecule has 2 nitrogen and oxygen atoms in total. The summed E-state index contributed by atoms with van der Waals surface area (Å²) in [5.41, 5.74) is 1.22. The number of nitrogens with one attached hydrogen (secondary N) is 1. The molecule has 4 heteroatoms. The average molecular weight is 335 g/mol. The van der Waals surface area contributed by atoms with Crippen molar-refractivity contribution in [1.29, 1.82) is 0 Å². The van der Waals surface area contributed by atoms with Gasteiger partial charge in [0.1, 0.15) is 5.82 Å². The molecule has 1 N–H and O–H groups in total. The van der Waals surface area contributed by atoms with Crippen LogP contribution in [-0.2, 0) is 0 Å². The first-order valence-corrected chi connectivity index (χ1v) is 6.78. The fourth-order valence-corrected chi connectivity index (χ4v) is 1.89. The van der Waals surface area contributed by atoms with Crippen LogP contribution in [0.3, 0.4) is 0 Å². The molecule has 0 radical (unpaired) electrons. The van der Waals surface area contributed by atoms with E-state index in [4.69, 9.17) is 0 Å². The number of amides is 1. The van der Waals surface area contributed by atoms with E-state index < -0.39 is 0 Å². The van der Waals surface area contributed by atoms with E-state index in [2.05, 4.69) is 27.9 Å². The van der Waals surface area contributed by atoms with Crippen molar-refractivity contribution < 1.29 is 9.18 Å². The summed E-state index contributed by atoms with van der Waals surface area (Å²) in [5.74, 6) is -0.562. The molecular formula is C12H15FINO. The minimum atomic E-state index is -0.372. The van der Waals surface area contributed by atoms with Gasteiger partial charge in [-0.05, 0) is 41.9 Å². The van der Waals surface area contributed by atoms with Gasteiger partial charge in [-0.25, -0.2) is 4.39 Å². The summed E-state index contributed by atoms with van der Waals surface area (Å²) in [6, 6.07) is 4.26. The van der Waals surface area contributed by atoms with E-state index in [1.165, 1.54) is 12.1 Å². The van der Waals surface area contributed by atoms with Gasteiger partial charge in [-0.2, -0.15) is 0 Å². The van der Waals surface area contributed by atoms with Crippen molar-refractivity contribution in [3.63, 3.8) is 0 Å². The summed E-state index contributed by atoms with van der Waals surface area (Å²) in [5, 5.41) is 2.79. The first-order chi connectivity index (χ1) is 7.65. The van der Waals surface area contributed by atoms with Crippen molar-refractivity contribution >= 4 is 28.5 Å². The Morgan fingerprint density at radius 2 is 2.19 bits per heavy atom. The van der Waals surface area contributed by atoms with Crippen molar-refractivity contribution in [1.82, 2.24) is 5.32 Å². The molecule has 0 aliphatic carbocycles. The normalized spacial score (nSPS) is 10.2. The van der Waals surface area contributed by atoms with Crippen LogP contribution in [0.15, 0.2) is 18.2 Å². The van der Waals surface area contributed by atoms with Crippen molar-refractivity contribution in [2.75, 3.05) is 11.0 Å². The maximum Gasteiger partial charge on any atom is 0.251 e. The van der Waals surface area contributed by atoms with E-state index in [9.17, 15) is 9.18 Å². The Kier molecular flexibility index (Phi) is 5.73. The van der Waals surface area contributed by atoms with Crippen molar-refractivity contribution in [3.05, 3.63) is 35.1 Å². The topological polar surface area (TPSA) is 29.1 Å². The van der Waals surface area contributed by atoms with E-state index in [0.717, 1.165) is 22.8 Å². The van der Waals surface area contributed by atoms with Gasteiger partial charge in [-0.15, -0.1) is 0 Å². The molecule has 88 valence electrons. The maximum absolute atomic E-state index is 13.0. The molecule has 1 rings (SSSR count). The number of benzene rings is 1. The predicted octanol–water partition coefficient (Wildman–Crippen LogP) is 3.08. The summed E-state index contributed by atoms with van der Waals surface area (Å²) < 4.78 is 14.1. The second-order valence-corrected chi connectivity index (χ2v) is 4.69. The monoisotopic (exact) mass is 335 g/mol. The number of unbranched alkanes of at least 4 members (excludes halogenated alkanes) is 1. The molecule has 1 amide bonds. The van der Waals surface area contributed by atoms with Crippen molar-refractivity contribution in [2.45, 2.75) is 19.8 Å². The Bertz CT molecular complexity index is 368. The number of rotatable bonds is 5. The lowest BCUT2D eigenvalue weighted by Gasteiger charge is -2.07. The minimum Gasteiger partial charge on any atom is -0.352 e. The quantitative estimate of drug-likeness (QED) is 0.500. The fraction of sp³-hybridized carbons (Fsp3) is 0.417. The number of carbonyl (C=O) groups excluding carboxylic acids is 1. The third-order valence-electron chi connectivity index (χ3n) is 2.29. The van der Waals surface area contributed by atoms with Crippen molar-refractivity contribution in [2.24, 2.45) is 0 Å². The van der Waals surface area contributed by atoms with Gasteiger partial charge in [0.2, 0.25) is 0 Å². The maximum atomic E-state index is 13.0. The van der Waals surface area contributed by atoms with Gasteiger partial charge in [0.15, 0.2) is 0 Å². The molecule has 0 aromatic heterocycles. The Balaban J connectivity index is 2.55. The van der Waals surface area contributed by atoms with E-state index in [1.54, 1.807) is 13.0 Å². The molecule has 0 spiro atoms. The molecule has 0 atom stereocenters. The summed E-state index contributed by atoms with van der Waals surface area (Å²) >= 11 is 2.30. The lowest BCUT2D eigenvalue weighted by atomic mass is 10.1. The van der Waals surface area contributed by atoms with Crippen LogP contribution in [0.25, 0.3) is 0 Å². The van der Waals surface area contributed by atoms with Crippen LogP contribution in [0.4, 0.5) is 4.39 Å². The summed E-state index contributed by atoms with van der Waals surface area (Å²) in [4.78, 5) is 11.7. The lowest BCUT2D eigenvalue weighted by Crippen LogP contribution is -2.25. The highest BCUT2D eigenvalue weighted by Gasteiger charge is 2.08. The first kappa shape index (κ1) is 13.4. The van der Waals surface area contributed by atoms with E-state index >= 15 is 0 Å². The van der Waals surface area contributed by atoms with Crippen LogP contribution in [0, 0.1) is 12.7 Å². The number of aryl methyl sites for hydroxylation is 1. The summed E-state index contributed by atoms with van der Waals surface area (Å²) in [6.45, 7) is 2.46. The Morgan fingerprint density at radius 1 is 1.44 bits per heavy atom. The Hall–Kier alpha value is -0.650. The Labute approximate surface area is 109 Å². The molecular weight excluding hydrogens is 320 g/mol. The highest BCUT2D eigenvalue weighted by Crippen LogP contribution is 2.09.